The minimum atomic E-state index is -0.591. The SMILES string of the molecule is CCCCCCCCCCCCC(CCC(C)C)C(=O)O. The molecule has 0 fully saturated rings. The van der Waals surface area contributed by atoms with E-state index in [-0.39, 0.29) is 5.92 Å². The molecule has 1 N–H and O–H groups in total. The summed E-state index contributed by atoms with van der Waals surface area (Å²) in [4.78, 5) is 11.2. The Balaban J connectivity index is 3.43. The second-order valence-electron chi connectivity index (χ2n) is 6.98. The third-order valence-corrected chi connectivity index (χ3v) is 4.35. The summed E-state index contributed by atoms with van der Waals surface area (Å²) in [6, 6.07) is 0. The molecule has 21 heavy (non-hydrogen) atoms. The molecule has 0 spiro atoms. The van der Waals surface area contributed by atoms with Crippen molar-refractivity contribution in [1.82, 2.24) is 0 Å². The van der Waals surface area contributed by atoms with Crippen molar-refractivity contribution in [3.8, 4) is 0 Å². The van der Waals surface area contributed by atoms with Crippen LogP contribution in [-0.2, 0) is 4.79 Å². The van der Waals surface area contributed by atoms with E-state index in [0.29, 0.717) is 5.92 Å². The summed E-state index contributed by atoms with van der Waals surface area (Å²) in [5, 5.41) is 9.23. The molecule has 0 aromatic heterocycles. The summed E-state index contributed by atoms with van der Waals surface area (Å²) in [6.45, 7) is 6.59. The lowest BCUT2D eigenvalue weighted by Gasteiger charge is -2.13. The van der Waals surface area contributed by atoms with Crippen molar-refractivity contribution in [3.63, 3.8) is 0 Å². The third kappa shape index (κ3) is 14.2. The lowest BCUT2D eigenvalue weighted by atomic mass is 9.93. The molecule has 0 amide bonds. The molecule has 0 aromatic carbocycles. The maximum Gasteiger partial charge on any atom is 0.306 e. The molecular formula is C19H38O2. The Morgan fingerprint density at radius 2 is 1.24 bits per heavy atom. The molecule has 2 nitrogen and oxygen atoms in total. The number of carbonyl (C=O) groups is 1. The minimum absolute atomic E-state index is 0.110. The second-order valence-corrected chi connectivity index (χ2v) is 6.98. The van der Waals surface area contributed by atoms with E-state index in [2.05, 4.69) is 20.8 Å². The van der Waals surface area contributed by atoms with Crippen LogP contribution in [0.4, 0.5) is 0 Å². The van der Waals surface area contributed by atoms with E-state index < -0.39 is 5.97 Å². The van der Waals surface area contributed by atoms with Crippen LogP contribution in [0, 0.1) is 11.8 Å². The monoisotopic (exact) mass is 298 g/mol. The van der Waals surface area contributed by atoms with Crippen LogP contribution in [0.25, 0.3) is 0 Å². The number of rotatable bonds is 15. The minimum Gasteiger partial charge on any atom is -0.481 e. The number of carboxylic acids is 1. The summed E-state index contributed by atoms with van der Waals surface area (Å²) in [5.41, 5.74) is 0. The van der Waals surface area contributed by atoms with Gasteiger partial charge in [0, 0.05) is 0 Å². The number of hydrogen-bond acceptors (Lipinski definition) is 1. The molecule has 0 aliphatic rings. The summed E-state index contributed by atoms with van der Waals surface area (Å²) >= 11 is 0. The van der Waals surface area contributed by atoms with Crippen LogP contribution in [0.1, 0.15) is 104 Å². The number of aliphatic carboxylic acids is 1. The highest BCUT2D eigenvalue weighted by atomic mass is 16.4. The Kier molecular flexibility index (Phi) is 14.0. The highest BCUT2D eigenvalue weighted by Gasteiger charge is 2.16. The molecule has 0 aliphatic heterocycles. The van der Waals surface area contributed by atoms with Crippen LogP contribution in [0.5, 0.6) is 0 Å². The average molecular weight is 299 g/mol. The van der Waals surface area contributed by atoms with Crippen molar-refractivity contribution >= 4 is 5.97 Å². The molecule has 1 unspecified atom stereocenters. The molecule has 0 saturated carbocycles. The molecule has 0 aliphatic carbocycles. The Morgan fingerprint density at radius 1 is 0.762 bits per heavy atom. The van der Waals surface area contributed by atoms with Crippen molar-refractivity contribution in [2.24, 2.45) is 11.8 Å². The average Bonchev–Trinajstić information content (AvgIpc) is 2.43. The van der Waals surface area contributed by atoms with Gasteiger partial charge < -0.3 is 5.11 Å². The first kappa shape index (κ1) is 20.5. The Labute approximate surface area is 132 Å². The molecule has 126 valence electrons. The molecule has 0 rings (SSSR count). The lowest BCUT2D eigenvalue weighted by Crippen LogP contribution is -2.14. The summed E-state index contributed by atoms with van der Waals surface area (Å²) in [7, 11) is 0. The van der Waals surface area contributed by atoms with Gasteiger partial charge in [-0.05, 0) is 18.8 Å². The van der Waals surface area contributed by atoms with E-state index in [1.54, 1.807) is 0 Å². The first-order chi connectivity index (χ1) is 10.1. The van der Waals surface area contributed by atoms with Gasteiger partial charge in [0.25, 0.3) is 0 Å². The molecule has 0 radical (unpaired) electrons. The van der Waals surface area contributed by atoms with Crippen molar-refractivity contribution in [1.29, 1.82) is 0 Å². The topological polar surface area (TPSA) is 37.3 Å². The highest BCUT2D eigenvalue weighted by Crippen LogP contribution is 2.20. The predicted octanol–water partition coefficient (Wildman–Crippen LogP) is 6.43. The van der Waals surface area contributed by atoms with E-state index in [1.807, 2.05) is 0 Å². The van der Waals surface area contributed by atoms with Gasteiger partial charge in [-0.2, -0.15) is 0 Å². The van der Waals surface area contributed by atoms with Gasteiger partial charge in [-0.15, -0.1) is 0 Å². The van der Waals surface area contributed by atoms with Crippen LogP contribution in [0.3, 0.4) is 0 Å². The third-order valence-electron chi connectivity index (χ3n) is 4.35. The first-order valence-electron chi connectivity index (χ1n) is 9.30. The van der Waals surface area contributed by atoms with Gasteiger partial charge in [-0.1, -0.05) is 91.4 Å². The van der Waals surface area contributed by atoms with Crippen molar-refractivity contribution in [3.05, 3.63) is 0 Å². The Hall–Kier alpha value is -0.530. The second kappa shape index (κ2) is 14.4. The molecular weight excluding hydrogens is 260 g/mol. The highest BCUT2D eigenvalue weighted by molar-refractivity contribution is 5.69. The zero-order chi connectivity index (χ0) is 15.9. The van der Waals surface area contributed by atoms with Crippen LogP contribution in [-0.4, -0.2) is 11.1 Å². The van der Waals surface area contributed by atoms with Crippen LogP contribution in [0.2, 0.25) is 0 Å². The van der Waals surface area contributed by atoms with Crippen molar-refractivity contribution in [2.45, 2.75) is 104 Å². The quantitative estimate of drug-likeness (QED) is 0.353. The molecule has 2 heteroatoms. The summed E-state index contributed by atoms with van der Waals surface area (Å²) in [6.07, 6.45) is 15.9. The van der Waals surface area contributed by atoms with Gasteiger partial charge >= 0.3 is 5.97 Å². The summed E-state index contributed by atoms with van der Waals surface area (Å²) < 4.78 is 0. The van der Waals surface area contributed by atoms with E-state index in [1.165, 1.54) is 57.8 Å². The first-order valence-corrected chi connectivity index (χ1v) is 9.30. The Morgan fingerprint density at radius 3 is 1.67 bits per heavy atom. The van der Waals surface area contributed by atoms with Crippen molar-refractivity contribution in [2.75, 3.05) is 0 Å². The maximum absolute atomic E-state index is 11.2. The largest absolute Gasteiger partial charge is 0.481 e. The van der Waals surface area contributed by atoms with Crippen molar-refractivity contribution < 1.29 is 9.90 Å². The van der Waals surface area contributed by atoms with Gasteiger partial charge in [0.2, 0.25) is 0 Å². The van der Waals surface area contributed by atoms with Gasteiger partial charge in [-0.3, -0.25) is 4.79 Å². The predicted molar refractivity (Wildman–Crippen MR) is 91.7 cm³/mol. The number of hydrogen-bond donors (Lipinski definition) is 1. The van der Waals surface area contributed by atoms with E-state index in [9.17, 15) is 9.90 Å². The zero-order valence-corrected chi connectivity index (χ0v) is 14.7. The van der Waals surface area contributed by atoms with E-state index in [4.69, 9.17) is 0 Å². The Bertz CT molecular complexity index is 236. The fourth-order valence-electron chi connectivity index (χ4n) is 2.80. The van der Waals surface area contributed by atoms with E-state index >= 15 is 0 Å². The fourth-order valence-corrected chi connectivity index (χ4v) is 2.80. The molecule has 0 aromatic rings. The maximum atomic E-state index is 11.2. The van der Waals surface area contributed by atoms with Gasteiger partial charge in [-0.25, -0.2) is 0 Å². The van der Waals surface area contributed by atoms with Crippen LogP contribution < -0.4 is 0 Å². The van der Waals surface area contributed by atoms with Crippen LogP contribution >= 0.6 is 0 Å². The summed E-state index contributed by atoms with van der Waals surface area (Å²) in [5.74, 6) is -0.0902. The smallest absolute Gasteiger partial charge is 0.306 e. The standard InChI is InChI=1S/C19H38O2/c1-4-5-6-7-8-9-10-11-12-13-14-18(19(20)21)16-15-17(2)3/h17-18H,4-16H2,1-3H3,(H,20,21). The normalized spacial score (nSPS) is 12.8. The molecule has 0 bridgehead atoms. The van der Waals surface area contributed by atoms with Gasteiger partial charge in [0.05, 0.1) is 5.92 Å². The van der Waals surface area contributed by atoms with Gasteiger partial charge in [0.1, 0.15) is 0 Å². The lowest BCUT2D eigenvalue weighted by molar-refractivity contribution is -0.142. The number of carboxylic acid groups (broad SMARTS) is 1. The molecule has 0 heterocycles. The fraction of sp³-hybridized carbons (Fsp3) is 0.947. The van der Waals surface area contributed by atoms with E-state index in [0.717, 1.165) is 25.7 Å². The van der Waals surface area contributed by atoms with Gasteiger partial charge in [0.15, 0.2) is 0 Å². The number of unbranched alkanes of at least 4 members (excludes halogenated alkanes) is 9. The van der Waals surface area contributed by atoms with Crippen LogP contribution in [0.15, 0.2) is 0 Å². The molecule has 0 saturated heterocycles. The molecule has 1 atom stereocenters. The zero-order valence-electron chi connectivity index (χ0n) is 14.7.